The fourth-order valence-electron chi connectivity index (χ4n) is 5.04. The summed E-state index contributed by atoms with van der Waals surface area (Å²) in [6, 6.07) is 4.53. The third-order valence-corrected chi connectivity index (χ3v) is 6.63. The molecule has 2 fully saturated rings. The van der Waals surface area contributed by atoms with E-state index in [-0.39, 0.29) is 29.7 Å². The average molecular weight is 415 g/mol. The number of imidazole rings is 1. The zero-order chi connectivity index (χ0) is 20.8. The summed E-state index contributed by atoms with van der Waals surface area (Å²) in [5.74, 6) is 0.353. The Morgan fingerprint density at radius 3 is 2.70 bits per heavy atom. The topological polar surface area (TPSA) is 89.3 Å². The molecule has 1 aliphatic heterocycles. The highest BCUT2D eigenvalue weighted by Gasteiger charge is 2.34. The lowest BCUT2D eigenvalue weighted by Crippen LogP contribution is -2.44. The van der Waals surface area contributed by atoms with Gasteiger partial charge in [-0.2, -0.15) is 4.98 Å². The minimum Gasteiger partial charge on any atom is -0.391 e. The molecule has 1 aliphatic carbocycles. The van der Waals surface area contributed by atoms with Crippen LogP contribution in [0, 0.1) is 5.82 Å². The number of rotatable bonds is 4. The maximum absolute atomic E-state index is 13.9. The van der Waals surface area contributed by atoms with E-state index in [0.29, 0.717) is 23.5 Å². The Bertz CT molecular complexity index is 1110. The summed E-state index contributed by atoms with van der Waals surface area (Å²) in [7, 11) is 0. The van der Waals surface area contributed by atoms with Crippen LogP contribution in [0.15, 0.2) is 27.5 Å². The summed E-state index contributed by atoms with van der Waals surface area (Å²) in [4.78, 5) is 19.8. The zero-order valence-electron chi connectivity index (χ0n) is 17.0. The molecule has 1 saturated heterocycles. The fourth-order valence-corrected chi connectivity index (χ4v) is 5.04. The van der Waals surface area contributed by atoms with Gasteiger partial charge in [-0.1, -0.05) is 0 Å². The first kappa shape index (κ1) is 19.4. The fraction of sp³-hybridized carbons (Fsp3) is 0.571. The Hall–Kier alpha value is -2.52. The van der Waals surface area contributed by atoms with Crippen LogP contribution in [0.3, 0.4) is 0 Å². The molecule has 0 radical (unpaired) electrons. The number of aliphatic hydroxyl groups excluding tert-OH is 1. The molecular formula is C21H26FN5O3. The minimum atomic E-state index is -0.422. The van der Waals surface area contributed by atoms with Crippen molar-refractivity contribution in [2.75, 3.05) is 13.1 Å². The molecule has 0 unspecified atom stereocenters. The standard InChI is InChI=1S/C21H26FN5O3/c1-2-26-15-7-6-14(22)12-17(15)27(21(26)29)20-23-19(30-24-20)13-8-10-25(11-9-13)16-4-3-5-18(16)28/h6-7,12-13,16,18,28H,2-5,8-11H2,1H3/t16-,18-/m1/s1. The molecule has 0 amide bonds. The van der Waals surface area contributed by atoms with E-state index in [0.717, 1.165) is 45.2 Å². The molecule has 160 valence electrons. The molecule has 9 heteroatoms. The van der Waals surface area contributed by atoms with Crippen LogP contribution < -0.4 is 5.69 Å². The van der Waals surface area contributed by atoms with E-state index < -0.39 is 5.82 Å². The van der Waals surface area contributed by atoms with Crippen LogP contribution in [0.1, 0.15) is 50.8 Å². The van der Waals surface area contributed by atoms with Gasteiger partial charge in [0.25, 0.3) is 5.95 Å². The first-order chi connectivity index (χ1) is 14.6. The predicted molar refractivity (Wildman–Crippen MR) is 108 cm³/mol. The van der Waals surface area contributed by atoms with Crippen LogP contribution in [0.2, 0.25) is 0 Å². The predicted octanol–water partition coefficient (Wildman–Crippen LogP) is 2.43. The number of hydrogen-bond acceptors (Lipinski definition) is 6. The summed E-state index contributed by atoms with van der Waals surface area (Å²) < 4.78 is 22.3. The number of piperidine rings is 1. The summed E-state index contributed by atoms with van der Waals surface area (Å²) in [6.07, 6.45) is 4.53. The molecule has 3 heterocycles. The van der Waals surface area contributed by atoms with E-state index in [9.17, 15) is 14.3 Å². The van der Waals surface area contributed by atoms with E-state index in [2.05, 4.69) is 15.0 Å². The van der Waals surface area contributed by atoms with Gasteiger partial charge in [-0.25, -0.2) is 13.8 Å². The molecule has 8 nitrogen and oxygen atoms in total. The third-order valence-electron chi connectivity index (χ3n) is 6.63. The van der Waals surface area contributed by atoms with Crippen LogP contribution in [0.5, 0.6) is 0 Å². The number of benzene rings is 1. The summed E-state index contributed by atoms with van der Waals surface area (Å²) in [5.41, 5.74) is 0.758. The van der Waals surface area contributed by atoms with Gasteiger partial charge in [-0.3, -0.25) is 9.47 Å². The van der Waals surface area contributed by atoms with E-state index >= 15 is 0 Å². The van der Waals surface area contributed by atoms with Crippen LogP contribution in [-0.4, -0.2) is 54.5 Å². The van der Waals surface area contributed by atoms with Crippen molar-refractivity contribution in [2.45, 2.75) is 63.6 Å². The lowest BCUT2D eigenvalue weighted by molar-refractivity contribution is 0.0528. The van der Waals surface area contributed by atoms with Crippen LogP contribution in [-0.2, 0) is 6.54 Å². The molecule has 1 saturated carbocycles. The van der Waals surface area contributed by atoms with Gasteiger partial charge in [-0.05, 0) is 69.4 Å². The zero-order valence-corrected chi connectivity index (χ0v) is 17.0. The smallest absolute Gasteiger partial charge is 0.336 e. The van der Waals surface area contributed by atoms with Gasteiger partial charge >= 0.3 is 5.69 Å². The molecule has 1 aromatic carbocycles. The third kappa shape index (κ3) is 3.16. The molecule has 2 aliphatic rings. The highest BCUT2D eigenvalue weighted by molar-refractivity contribution is 5.77. The second kappa shape index (κ2) is 7.63. The lowest BCUT2D eigenvalue weighted by atomic mass is 9.95. The Morgan fingerprint density at radius 1 is 1.20 bits per heavy atom. The number of nitrogens with zero attached hydrogens (tertiary/aromatic N) is 5. The maximum Gasteiger partial charge on any atom is 0.336 e. The minimum absolute atomic E-state index is 0.119. The first-order valence-corrected chi connectivity index (χ1v) is 10.7. The van der Waals surface area contributed by atoms with Crippen molar-refractivity contribution in [3.63, 3.8) is 0 Å². The Morgan fingerprint density at radius 2 is 2.00 bits per heavy atom. The molecule has 5 rings (SSSR count). The summed E-state index contributed by atoms with van der Waals surface area (Å²) in [5, 5.41) is 14.2. The number of aryl methyl sites for hydroxylation is 1. The van der Waals surface area contributed by atoms with Crippen molar-refractivity contribution in [3.8, 4) is 5.95 Å². The van der Waals surface area contributed by atoms with Gasteiger partial charge in [0.2, 0.25) is 5.89 Å². The first-order valence-electron chi connectivity index (χ1n) is 10.7. The van der Waals surface area contributed by atoms with Crippen molar-refractivity contribution in [1.29, 1.82) is 0 Å². The number of halogens is 1. The monoisotopic (exact) mass is 415 g/mol. The summed E-state index contributed by atoms with van der Waals surface area (Å²) in [6.45, 7) is 4.09. The van der Waals surface area contributed by atoms with Gasteiger partial charge < -0.3 is 9.63 Å². The van der Waals surface area contributed by atoms with E-state index in [1.807, 2.05) is 6.92 Å². The second-order valence-corrected chi connectivity index (χ2v) is 8.30. The van der Waals surface area contributed by atoms with E-state index in [4.69, 9.17) is 4.52 Å². The lowest BCUT2D eigenvalue weighted by Gasteiger charge is -2.36. The van der Waals surface area contributed by atoms with Gasteiger partial charge in [0.05, 0.1) is 17.1 Å². The van der Waals surface area contributed by atoms with Crippen molar-refractivity contribution in [2.24, 2.45) is 0 Å². The molecule has 2 aromatic heterocycles. The Kier molecular flexibility index (Phi) is 4.94. The van der Waals surface area contributed by atoms with E-state index in [1.165, 1.54) is 16.7 Å². The molecule has 30 heavy (non-hydrogen) atoms. The van der Waals surface area contributed by atoms with Gasteiger partial charge in [0.1, 0.15) is 5.82 Å². The van der Waals surface area contributed by atoms with Crippen LogP contribution >= 0.6 is 0 Å². The molecule has 2 atom stereocenters. The maximum atomic E-state index is 13.9. The van der Waals surface area contributed by atoms with Crippen molar-refractivity contribution in [1.82, 2.24) is 24.2 Å². The van der Waals surface area contributed by atoms with E-state index in [1.54, 1.807) is 10.6 Å². The molecule has 0 spiro atoms. The molecule has 0 bridgehead atoms. The highest BCUT2D eigenvalue weighted by Crippen LogP contribution is 2.32. The highest BCUT2D eigenvalue weighted by atomic mass is 19.1. The number of aromatic nitrogens is 4. The molecule has 3 aromatic rings. The molecule has 1 N–H and O–H groups in total. The van der Waals surface area contributed by atoms with Gasteiger partial charge in [-0.15, -0.1) is 0 Å². The van der Waals surface area contributed by atoms with Gasteiger partial charge in [0, 0.05) is 24.6 Å². The Balaban J connectivity index is 1.40. The normalized spacial score (nSPS) is 23.6. The number of likely N-dealkylation sites (tertiary alicyclic amines) is 1. The summed E-state index contributed by atoms with van der Waals surface area (Å²) >= 11 is 0. The SMILES string of the molecule is CCn1c(=O)n(-c2noc(C3CCN([C@@H]4CCC[C@H]4O)CC3)n2)c2cc(F)ccc21. The van der Waals surface area contributed by atoms with Crippen molar-refractivity contribution in [3.05, 3.63) is 40.4 Å². The van der Waals surface area contributed by atoms with Crippen molar-refractivity contribution < 1.29 is 14.0 Å². The number of fused-ring (bicyclic) bond motifs is 1. The van der Waals surface area contributed by atoms with Crippen LogP contribution in [0.4, 0.5) is 4.39 Å². The quantitative estimate of drug-likeness (QED) is 0.704. The largest absolute Gasteiger partial charge is 0.391 e. The van der Waals surface area contributed by atoms with Gasteiger partial charge in [0.15, 0.2) is 0 Å². The number of hydrogen-bond donors (Lipinski definition) is 1. The van der Waals surface area contributed by atoms with Crippen molar-refractivity contribution >= 4 is 11.0 Å². The molecular weight excluding hydrogens is 389 g/mol. The number of aliphatic hydroxyl groups is 1. The Labute approximate surface area is 172 Å². The second-order valence-electron chi connectivity index (χ2n) is 8.30. The average Bonchev–Trinajstić information content (AvgIpc) is 3.45. The van der Waals surface area contributed by atoms with Crippen LogP contribution in [0.25, 0.3) is 17.0 Å².